The summed E-state index contributed by atoms with van der Waals surface area (Å²) in [4.78, 5) is 0. The Kier molecular flexibility index (Phi) is 4.84. The second-order valence-electron chi connectivity index (χ2n) is 4.48. The van der Waals surface area contributed by atoms with Crippen LogP contribution in [0.1, 0.15) is 18.4 Å². The Balaban J connectivity index is 2.00. The summed E-state index contributed by atoms with van der Waals surface area (Å²) in [7, 11) is 0. The monoisotopic (exact) mass is 374 g/mol. The predicted molar refractivity (Wildman–Crippen MR) is 81.3 cm³/mol. The summed E-state index contributed by atoms with van der Waals surface area (Å²) >= 11 is 6.90. The Morgan fingerprint density at radius 1 is 1.28 bits per heavy atom. The SMILES string of the molecule is Nc1c(Br)cc(Br)cc1CN[C@H]1C=C[C@@H](O)CC1. The van der Waals surface area contributed by atoms with Crippen molar-refractivity contribution < 1.29 is 5.11 Å². The fraction of sp³-hybridized carbons (Fsp3) is 0.385. The van der Waals surface area contributed by atoms with Crippen LogP contribution in [0.4, 0.5) is 5.69 Å². The molecule has 0 amide bonds. The third kappa shape index (κ3) is 3.57. The molecule has 18 heavy (non-hydrogen) atoms. The van der Waals surface area contributed by atoms with E-state index in [1.165, 1.54) is 0 Å². The van der Waals surface area contributed by atoms with Crippen LogP contribution in [0.5, 0.6) is 0 Å². The molecule has 4 N–H and O–H groups in total. The first kappa shape index (κ1) is 14.1. The molecule has 0 saturated heterocycles. The maximum atomic E-state index is 9.38. The van der Waals surface area contributed by atoms with Crippen LogP contribution < -0.4 is 11.1 Å². The highest BCUT2D eigenvalue weighted by molar-refractivity contribution is 9.11. The standard InChI is InChI=1S/C13H16Br2N2O/c14-9-5-8(13(16)12(15)6-9)7-17-10-1-3-11(18)4-2-10/h1,3,5-6,10-11,17-18H,2,4,7,16H2/t10-,11+/m0/s1. The van der Waals surface area contributed by atoms with Gasteiger partial charge in [0.25, 0.3) is 0 Å². The first-order valence-corrected chi connectivity index (χ1v) is 7.48. The fourth-order valence-corrected chi connectivity index (χ4v) is 3.31. The molecule has 0 heterocycles. The second-order valence-corrected chi connectivity index (χ2v) is 6.25. The minimum absolute atomic E-state index is 0.284. The summed E-state index contributed by atoms with van der Waals surface area (Å²) in [5.41, 5.74) is 7.86. The molecule has 0 unspecified atom stereocenters. The molecule has 0 saturated carbocycles. The summed E-state index contributed by atoms with van der Waals surface area (Å²) in [6.07, 6.45) is 5.35. The molecule has 2 atom stereocenters. The van der Waals surface area contributed by atoms with E-state index in [0.717, 1.165) is 39.6 Å². The van der Waals surface area contributed by atoms with Crippen LogP contribution in [-0.4, -0.2) is 17.3 Å². The van der Waals surface area contributed by atoms with E-state index in [1.54, 1.807) is 0 Å². The van der Waals surface area contributed by atoms with Crippen molar-refractivity contribution in [1.29, 1.82) is 0 Å². The molecular weight excluding hydrogens is 360 g/mol. The van der Waals surface area contributed by atoms with Crippen molar-refractivity contribution in [2.75, 3.05) is 5.73 Å². The van der Waals surface area contributed by atoms with Crippen molar-refractivity contribution in [3.8, 4) is 0 Å². The maximum absolute atomic E-state index is 9.38. The van der Waals surface area contributed by atoms with Gasteiger partial charge in [0.1, 0.15) is 0 Å². The van der Waals surface area contributed by atoms with E-state index in [-0.39, 0.29) is 6.10 Å². The number of aliphatic hydroxyl groups excluding tert-OH is 1. The molecule has 0 fully saturated rings. The summed E-state index contributed by atoms with van der Waals surface area (Å²) in [5.74, 6) is 0. The van der Waals surface area contributed by atoms with Gasteiger partial charge >= 0.3 is 0 Å². The molecule has 1 aliphatic rings. The summed E-state index contributed by atoms with van der Waals surface area (Å²) in [5, 5.41) is 12.8. The average molecular weight is 376 g/mol. The van der Waals surface area contributed by atoms with Crippen molar-refractivity contribution >= 4 is 37.5 Å². The largest absolute Gasteiger partial charge is 0.398 e. The average Bonchev–Trinajstić information content (AvgIpc) is 2.34. The van der Waals surface area contributed by atoms with E-state index < -0.39 is 0 Å². The molecule has 98 valence electrons. The van der Waals surface area contributed by atoms with E-state index in [2.05, 4.69) is 37.2 Å². The number of benzene rings is 1. The van der Waals surface area contributed by atoms with Crippen LogP contribution in [0.25, 0.3) is 0 Å². The molecule has 1 aromatic rings. The highest BCUT2D eigenvalue weighted by atomic mass is 79.9. The van der Waals surface area contributed by atoms with E-state index in [4.69, 9.17) is 5.73 Å². The van der Waals surface area contributed by atoms with Gasteiger partial charge in [0.05, 0.1) is 11.8 Å². The molecule has 0 bridgehead atoms. The molecule has 0 aliphatic heterocycles. The Morgan fingerprint density at radius 3 is 2.72 bits per heavy atom. The molecule has 1 aromatic carbocycles. The zero-order valence-corrected chi connectivity index (χ0v) is 13.0. The minimum Gasteiger partial charge on any atom is -0.398 e. The third-order valence-electron chi connectivity index (χ3n) is 3.07. The van der Waals surface area contributed by atoms with Gasteiger partial charge in [0.2, 0.25) is 0 Å². The van der Waals surface area contributed by atoms with Gasteiger partial charge in [-0.15, -0.1) is 0 Å². The smallest absolute Gasteiger partial charge is 0.0722 e. The van der Waals surface area contributed by atoms with Crippen molar-refractivity contribution in [3.63, 3.8) is 0 Å². The van der Waals surface area contributed by atoms with Crippen LogP contribution in [0, 0.1) is 0 Å². The van der Waals surface area contributed by atoms with Crippen molar-refractivity contribution in [3.05, 3.63) is 38.8 Å². The van der Waals surface area contributed by atoms with Crippen LogP contribution in [0.2, 0.25) is 0 Å². The number of aliphatic hydroxyl groups is 1. The van der Waals surface area contributed by atoms with Crippen LogP contribution in [0.15, 0.2) is 33.2 Å². The summed E-state index contributed by atoms with van der Waals surface area (Å²) in [6.45, 7) is 0.717. The fourth-order valence-electron chi connectivity index (χ4n) is 2.00. The first-order valence-electron chi connectivity index (χ1n) is 5.89. The van der Waals surface area contributed by atoms with E-state index in [1.807, 2.05) is 24.3 Å². The lowest BCUT2D eigenvalue weighted by Crippen LogP contribution is -2.30. The van der Waals surface area contributed by atoms with Crippen LogP contribution in [0.3, 0.4) is 0 Å². The zero-order chi connectivity index (χ0) is 13.1. The molecule has 3 nitrogen and oxygen atoms in total. The summed E-state index contributed by atoms with van der Waals surface area (Å²) in [6, 6.07) is 4.27. The van der Waals surface area contributed by atoms with Gasteiger partial charge in [-0.25, -0.2) is 0 Å². The lowest BCUT2D eigenvalue weighted by molar-refractivity contribution is 0.198. The van der Waals surface area contributed by atoms with Gasteiger partial charge in [-0.3, -0.25) is 0 Å². The van der Waals surface area contributed by atoms with E-state index >= 15 is 0 Å². The van der Waals surface area contributed by atoms with Crippen molar-refractivity contribution in [2.24, 2.45) is 0 Å². The van der Waals surface area contributed by atoms with Gasteiger partial charge < -0.3 is 16.2 Å². The summed E-state index contributed by atoms with van der Waals surface area (Å²) < 4.78 is 1.92. The number of rotatable bonds is 3. The molecule has 0 spiro atoms. The Bertz CT molecular complexity index is 463. The van der Waals surface area contributed by atoms with Crippen LogP contribution in [-0.2, 0) is 6.54 Å². The molecule has 2 rings (SSSR count). The molecular formula is C13H16Br2N2O. The lowest BCUT2D eigenvalue weighted by atomic mass is 10.0. The Morgan fingerprint density at radius 2 is 2.06 bits per heavy atom. The van der Waals surface area contributed by atoms with Gasteiger partial charge in [-0.1, -0.05) is 28.1 Å². The van der Waals surface area contributed by atoms with Crippen molar-refractivity contribution in [1.82, 2.24) is 5.32 Å². The zero-order valence-electron chi connectivity index (χ0n) is 9.87. The van der Waals surface area contributed by atoms with Gasteiger partial charge in [0.15, 0.2) is 0 Å². The number of halogens is 2. The Labute approximate surface area is 124 Å². The number of hydrogen-bond acceptors (Lipinski definition) is 3. The van der Waals surface area contributed by atoms with Gasteiger partial charge in [-0.05, 0) is 46.5 Å². The second kappa shape index (κ2) is 6.19. The van der Waals surface area contributed by atoms with Gasteiger partial charge in [-0.2, -0.15) is 0 Å². The minimum atomic E-state index is -0.284. The van der Waals surface area contributed by atoms with Gasteiger partial charge in [0, 0.05) is 21.5 Å². The molecule has 0 aromatic heterocycles. The molecule has 0 radical (unpaired) electrons. The quantitative estimate of drug-likeness (QED) is 0.562. The maximum Gasteiger partial charge on any atom is 0.0722 e. The Hall–Kier alpha value is -0.360. The number of nitrogen functional groups attached to an aromatic ring is 1. The number of anilines is 1. The van der Waals surface area contributed by atoms with Crippen molar-refractivity contribution in [2.45, 2.75) is 31.5 Å². The number of hydrogen-bond donors (Lipinski definition) is 3. The number of nitrogens with one attached hydrogen (secondary N) is 1. The highest BCUT2D eigenvalue weighted by Gasteiger charge is 2.14. The molecule has 5 heteroatoms. The first-order chi connectivity index (χ1) is 8.56. The number of nitrogens with two attached hydrogens (primary N) is 1. The predicted octanol–water partition coefficient (Wildman–Crippen LogP) is 2.96. The van der Waals surface area contributed by atoms with E-state index in [9.17, 15) is 5.11 Å². The molecule has 1 aliphatic carbocycles. The lowest BCUT2D eigenvalue weighted by Gasteiger charge is -2.21. The normalized spacial score (nSPS) is 23.3. The van der Waals surface area contributed by atoms with Crippen LogP contribution >= 0.6 is 31.9 Å². The van der Waals surface area contributed by atoms with E-state index in [0.29, 0.717) is 6.04 Å². The topological polar surface area (TPSA) is 58.3 Å². The highest BCUT2D eigenvalue weighted by Crippen LogP contribution is 2.28. The third-order valence-corrected chi connectivity index (χ3v) is 4.19.